The normalized spacial score (nSPS) is 11.6. The molecule has 0 unspecified atom stereocenters. The molecule has 0 radical (unpaired) electrons. The van der Waals surface area contributed by atoms with E-state index in [1.165, 1.54) is 5.69 Å². The Labute approximate surface area is 110 Å². The quantitative estimate of drug-likeness (QED) is 0.775. The molecule has 1 heterocycles. The molecule has 1 rings (SSSR count). The Morgan fingerprint density at radius 2 is 2.17 bits per heavy atom. The van der Waals surface area contributed by atoms with E-state index in [4.69, 9.17) is 0 Å². The zero-order valence-corrected chi connectivity index (χ0v) is 11.9. The van der Waals surface area contributed by atoms with Gasteiger partial charge in [-0.3, -0.25) is 4.79 Å². The number of hydrogen-bond donors (Lipinski definition) is 2. The number of aromatic nitrogens is 1. The third-order valence-electron chi connectivity index (χ3n) is 3.10. The first kappa shape index (κ1) is 14.8. The van der Waals surface area contributed by atoms with Crippen molar-refractivity contribution >= 4 is 5.91 Å². The van der Waals surface area contributed by atoms with E-state index in [1.54, 1.807) is 7.05 Å². The fourth-order valence-electron chi connectivity index (χ4n) is 1.99. The van der Waals surface area contributed by atoms with Crippen LogP contribution in [0.15, 0.2) is 18.3 Å². The summed E-state index contributed by atoms with van der Waals surface area (Å²) in [5.41, 5.74) is 0.890. The summed E-state index contributed by atoms with van der Waals surface area (Å²) in [6, 6.07) is 4.19. The molecule has 0 atom stereocenters. The Morgan fingerprint density at radius 3 is 2.78 bits per heavy atom. The summed E-state index contributed by atoms with van der Waals surface area (Å²) < 4.78 is 2.25. The van der Waals surface area contributed by atoms with Crippen LogP contribution in [-0.2, 0) is 17.9 Å². The second-order valence-electron chi connectivity index (χ2n) is 5.26. The summed E-state index contributed by atoms with van der Waals surface area (Å²) >= 11 is 0. The molecule has 0 fully saturated rings. The van der Waals surface area contributed by atoms with Crippen molar-refractivity contribution in [3.05, 3.63) is 24.0 Å². The zero-order chi connectivity index (χ0) is 13.6. The molecule has 1 amide bonds. The van der Waals surface area contributed by atoms with E-state index in [9.17, 15) is 4.79 Å². The van der Waals surface area contributed by atoms with Crippen LogP contribution in [0.4, 0.5) is 0 Å². The summed E-state index contributed by atoms with van der Waals surface area (Å²) in [6.45, 7) is 8.58. The number of carbonyl (C=O) groups is 1. The Bertz CT molecular complexity index is 382. The Balaban J connectivity index is 2.46. The lowest BCUT2D eigenvalue weighted by molar-refractivity contribution is -0.128. The van der Waals surface area contributed by atoms with E-state index < -0.39 is 0 Å². The fourth-order valence-corrected chi connectivity index (χ4v) is 1.99. The van der Waals surface area contributed by atoms with Crippen molar-refractivity contribution in [2.45, 2.75) is 40.3 Å². The maximum Gasteiger partial charge on any atom is 0.226 e. The van der Waals surface area contributed by atoms with Crippen molar-refractivity contribution in [2.24, 2.45) is 5.41 Å². The third kappa shape index (κ3) is 3.88. The van der Waals surface area contributed by atoms with Gasteiger partial charge in [-0.05, 0) is 32.4 Å². The largest absolute Gasteiger partial charge is 0.359 e. The Kier molecular flexibility index (Phi) is 5.41. The van der Waals surface area contributed by atoms with Crippen molar-refractivity contribution in [3.8, 4) is 0 Å². The fraction of sp³-hybridized carbons (Fsp3) is 0.643. The van der Waals surface area contributed by atoms with Crippen LogP contribution < -0.4 is 10.6 Å². The lowest BCUT2D eigenvalue weighted by Gasteiger charge is -2.23. The van der Waals surface area contributed by atoms with Gasteiger partial charge in [-0.1, -0.05) is 6.92 Å². The van der Waals surface area contributed by atoms with Gasteiger partial charge >= 0.3 is 0 Å². The maximum atomic E-state index is 11.6. The smallest absolute Gasteiger partial charge is 0.226 e. The predicted molar refractivity (Wildman–Crippen MR) is 74.3 cm³/mol. The molecule has 0 aromatic carbocycles. The predicted octanol–water partition coefficient (Wildman–Crippen LogP) is 1.76. The van der Waals surface area contributed by atoms with Crippen molar-refractivity contribution in [1.82, 2.24) is 15.2 Å². The van der Waals surface area contributed by atoms with Crippen molar-refractivity contribution in [1.29, 1.82) is 0 Å². The highest BCUT2D eigenvalue weighted by Gasteiger charge is 2.25. The number of aryl methyl sites for hydroxylation is 1. The number of hydrogen-bond acceptors (Lipinski definition) is 2. The third-order valence-corrected chi connectivity index (χ3v) is 3.10. The van der Waals surface area contributed by atoms with Gasteiger partial charge in [-0.25, -0.2) is 0 Å². The van der Waals surface area contributed by atoms with Crippen LogP contribution in [0.3, 0.4) is 0 Å². The van der Waals surface area contributed by atoms with E-state index in [0.29, 0.717) is 6.54 Å². The number of amides is 1. The van der Waals surface area contributed by atoms with Crippen LogP contribution in [0.5, 0.6) is 0 Å². The number of nitrogens with zero attached hydrogens (tertiary/aromatic N) is 1. The zero-order valence-electron chi connectivity index (χ0n) is 11.9. The van der Waals surface area contributed by atoms with Gasteiger partial charge in [0.1, 0.15) is 0 Å². The molecule has 0 bridgehead atoms. The first-order chi connectivity index (χ1) is 8.51. The van der Waals surface area contributed by atoms with Crippen LogP contribution in [-0.4, -0.2) is 24.1 Å². The standard InChI is InChI=1S/C14H25N3O/c1-5-8-17-9-6-7-12(17)10-16-11-14(2,3)13(18)15-4/h6-7,9,16H,5,8,10-11H2,1-4H3,(H,15,18). The van der Waals surface area contributed by atoms with Crippen molar-refractivity contribution in [3.63, 3.8) is 0 Å². The minimum atomic E-state index is -0.378. The van der Waals surface area contributed by atoms with E-state index in [2.05, 4.69) is 40.5 Å². The van der Waals surface area contributed by atoms with Gasteiger partial charge in [-0.15, -0.1) is 0 Å². The number of nitrogens with one attached hydrogen (secondary N) is 2. The lowest BCUT2D eigenvalue weighted by atomic mass is 9.92. The highest BCUT2D eigenvalue weighted by atomic mass is 16.2. The average molecular weight is 251 g/mol. The Hall–Kier alpha value is -1.29. The second kappa shape index (κ2) is 6.59. The van der Waals surface area contributed by atoms with Crippen molar-refractivity contribution in [2.75, 3.05) is 13.6 Å². The van der Waals surface area contributed by atoms with Crippen LogP contribution >= 0.6 is 0 Å². The van der Waals surface area contributed by atoms with Crippen LogP contribution in [0.1, 0.15) is 32.9 Å². The van der Waals surface area contributed by atoms with Gasteiger partial charge in [0, 0.05) is 38.6 Å². The molecule has 0 aliphatic heterocycles. The highest BCUT2D eigenvalue weighted by molar-refractivity contribution is 5.81. The average Bonchev–Trinajstić information content (AvgIpc) is 2.76. The molecular formula is C14H25N3O. The molecular weight excluding hydrogens is 226 g/mol. The highest BCUT2D eigenvalue weighted by Crippen LogP contribution is 2.13. The van der Waals surface area contributed by atoms with Gasteiger partial charge in [0.2, 0.25) is 5.91 Å². The Morgan fingerprint density at radius 1 is 1.44 bits per heavy atom. The lowest BCUT2D eigenvalue weighted by Crippen LogP contribution is -2.42. The van der Waals surface area contributed by atoms with Crippen LogP contribution in [0.2, 0.25) is 0 Å². The minimum Gasteiger partial charge on any atom is -0.359 e. The summed E-state index contributed by atoms with van der Waals surface area (Å²) in [5.74, 6) is 0.0685. The van der Waals surface area contributed by atoms with E-state index in [-0.39, 0.29) is 11.3 Å². The molecule has 2 N–H and O–H groups in total. The van der Waals surface area contributed by atoms with Crippen LogP contribution in [0.25, 0.3) is 0 Å². The molecule has 0 saturated carbocycles. The monoisotopic (exact) mass is 251 g/mol. The van der Waals surface area contributed by atoms with Gasteiger partial charge < -0.3 is 15.2 Å². The molecule has 1 aromatic heterocycles. The topological polar surface area (TPSA) is 46.1 Å². The molecule has 102 valence electrons. The van der Waals surface area contributed by atoms with E-state index >= 15 is 0 Å². The summed E-state index contributed by atoms with van der Waals surface area (Å²) in [6.07, 6.45) is 3.23. The van der Waals surface area contributed by atoms with Gasteiger partial charge in [0.15, 0.2) is 0 Å². The number of carbonyl (C=O) groups excluding carboxylic acids is 1. The molecule has 0 aliphatic rings. The summed E-state index contributed by atoms with van der Waals surface area (Å²) in [5, 5.41) is 6.06. The molecule has 0 spiro atoms. The van der Waals surface area contributed by atoms with E-state index in [0.717, 1.165) is 19.5 Å². The molecule has 18 heavy (non-hydrogen) atoms. The van der Waals surface area contributed by atoms with Gasteiger partial charge in [0.05, 0.1) is 5.41 Å². The molecule has 4 nitrogen and oxygen atoms in total. The van der Waals surface area contributed by atoms with E-state index in [1.807, 2.05) is 13.8 Å². The van der Waals surface area contributed by atoms with Gasteiger partial charge in [-0.2, -0.15) is 0 Å². The molecule has 0 saturated heterocycles. The minimum absolute atomic E-state index is 0.0685. The summed E-state index contributed by atoms with van der Waals surface area (Å²) in [4.78, 5) is 11.6. The molecule has 1 aromatic rings. The SMILES string of the molecule is CCCn1cccc1CNCC(C)(C)C(=O)NC. The van der Waals surface area contributed by atoms with Crippen LogP contribution in [0, 0.1) is 5.41 Å². The number of rotatable bonds is 7. The summed E-state index contributed by atoms with van der Waals surface area (Å²) in [7, 11) is 1.68. The first-order valence-electron chi connectivity index (χ1n) is 6.58. The maximum absolute atomic E-state index is 11.6. The first-order valence-corrected chi connectivity index (χ1v) is 6.58. The molecule has 0 aliphatic carbocycles. The second-order valence-corrected chi connectivity index (χ2v) is 5.26. The van der Waals surface area contributed by atoms with Gasteiger partial charge in [0.25, 0.3) is 0 Å². The molecule has 4 heteroatoms. The van der Waals surface area contributed by atoms with Crippen molar-refractivity contribution < 1.29 is 4.79 Å².